The lowest BCUT2D eigenvalue weighted by Gasteiger charge is -2.33. The standard InChI is InChI=1S/C24H25N3O5/c1-4-15(3)21-20-17(12-9-13-18(20)32-16-10-7-6-8-11-16)23(30)22(27(21)26-5-2)24(31)25-14-19(28)29/h5-13,30H,4,14H2,1-3H3,(H,25,31)(H,28,29)/b21-15-,26-5-. The predicted octanol–water partition coefficient (Wildman–Crippen LogP) is 4.37. The molecule has 0 fully saturated rings. The minimum Gasteiger partial charge on any atom is -0.505 e. The van der Waals surface area contributed by atoms with E-state index in [0.29, 0.717) is 34.7 Å². The molecule has 166 valence electrons. The van der Waals surface area contributed by atoms with Crippen LogP contribution in [0.5, 0.6) is 11.5 Å². The van der Waals surface area contributed by atoms with E-state index in [4.69, 9.17) is 9.84 Å². The van der Waals surface area contributed by atoms with Crippen LogP contribution in [0, 0.1) is 0 Å². The Morgan fingerprint density at radius 3 is 2.50 bits per heavy atom. The second-order valence-corrected chi connectivity index (χ2v) is 7.04. The number of aliphatic hydroxyl groups is 1. The summed E-state index contributed by atoms with van der Waals surface area (Å²) in [4.78, 5) is 23.8. The first-order valence-corrected chi connectivity index (χ1v) is 10.2. The van der Waals surface area contributed by atoms with Crippen LogP contribution in [-0.2, 0) is 9.59 Å². The number of carboxylic acids is 1. The van der Waals surface area contributed by atoms with Gasteiger partial charge in [0.25, 0.3) is 5.91 Å². The topological polar surface area (TPSA) is 111 Å². The maximum absolute atomic E-state index is 12.9. The van der Waals surface area contributed by atoms with Gasteiger partial charge in [-0.25, -0.2) is 5.01 Å². The minimum absolute atomic E-state index is 0.156. The molecule has 1 aliphatic heterocycles. The number of hydrogen-bond donors (Lipinski definition) is 3. The number of carbonyl (C=O) groups excluding carboxylic acids is 1. The first-order valence-electron chi connectivity index (χ1n) is 10.2. The first kappa shape index (κ1) is 22.6. The number of nitrogens with one attached hydrogen (secondary N) is 1. The number of ether oxygens (including phenoxy) is 1. The zero-order chi connectivity index (χ0) is 23.3. The van der Waals surface area contributed by atoms with Gasteiger partial charge in [0.05, 0.1) is 11.3 Å². The third-order valence-corrected chi connectivity index (χ3v) is 4.92. The summed E-state index contributed by atoms with van der Waals surface area (Å²) in [7, 11) is 0. The fourth-order valence-electron chi connectivity index (χ4n) is 3.35. The summed E-state index contributed by atoms with van der Waals surface area (Å²) in [6, 6.07) is 14.4. The molecular weight excluding hydrogens is 410 g/mol. The molecule has 1 aliphatic rings. The fraction of sp³-hybridized carbons (Fsp3) is 0.208. The van der Waals surface area contributed by atoms with Crippen molar-refractivity contribution in [2.24, 2.45) is 5.10 Å². The van der Waals surface area contributed by atoms with E-state index < -0.39 is 18.4 Å². The van der Waals surface area contributed by atoms with Crippen LogP contribution < -0.4 is 10.1 Å². The van der Waals surface area contributed by atoms with E-state index in [9.17, 15) is 14.7 Å². The van der Waals surface area contributed by atoms with Crippen LogP contribution in [0.25, 0.3) is 11.5 Å². The fourth-order valence-corrected chi connectivity index (χ4v) is 3.35. The van der Waals surface area contributed by atoms with Gasteiger partial charge in [0, 0.05) is 11.8 Å². The van der Waals surface area contributed by atoms with Crippen LogP contribution in [0.3, 0.4) is 0 Å². The van der Waals surface area contributed by atoms with Gasteiger partial charge in [0.2, 0.25) is 0 Å². The minimum atomic E-state index is -1.20. The van der Waals surface area contributed by atoms with Crippen LogP contribution in [0.1, 0.15) is 38.3 Å². The van der Waals surface area contributed by atoms with E-state index in [1.54, 1.807) is 25.1 Å². The van der Waals surface area contributed by atoms with E-state index in [1.165, 1.54) is 11.2 Å². The molecule has 1 amide bonds. The Bertz CT molecular complexity index is 1120. The summed E-state index contributed by atoms with van der Waals surface area (Å²) in [6.45, 7) is 4.98. The quantitative estimate of drug-likeness (QED) is 0.557. The second-order valence-electron chi connectivity index (χ2n) is 7.04. The van der Waals surface area contributed by atoms with Crippen molar-refractivity contribution in [1.82, 2.24) is 10.3 Å². The van der Waals surface area contributed by atoms with Crippen molar-refractivity contribution in [3.63, 3.8) is 0 Å². The zero-order valence-electron chi connectivity index (χ0n) is 18.1. The molecule has 8 heteroatoms. The third kappa shape index (κ3) is 4.49. The molecule has 3 rings (SSSR count). The number of amides is 1. The Labute approximate surface area is 186 Å². The smallest absolute Gasteiger partial charge is 0.322 e. The summed E-state index contributed by atoms with van der Waals surface area (Å²) in [5.74, 6) is -1.16. The van der Waals surface area contributed by atoms with E-state index in [0.717, 1.165) is 5.57 Å². The molecule has 0 radical (unpaired) electrons. The number of hydrogen-bond acceptors (Lipinski definition) is 6. The average Bonchev–Trinajstić information content (AvgIpc) is 2.78. The molecule has 0 spiro atoms. The Morgan fingerprint density at radius 2 is 1.88 bits per heavy atom. The van der Waals surface area contributed by atoms with Crippen molar-refractivity contribution >= 4 is 29.5 Å². The van der Waals surface area contributed by atoms with E-state index in [-0.39, 0.29) is 11.5 Å². The van der Waals surface area contributed by atoms with Crippen LogP contribution in [-0.4, -0.2) is 39.9 Å². The summed E-state index contributed by atoms with van der Waals surface area (Å²) in [5, 5.41) is 28.0. The van der Waals surface area contributed by atoms with Gasteiger partial charge in [-0.15, -0.1) is 0 Å². The number of hydrazone groups is 1. The molecule has 2 aromatic rings. The Hall–Kier alpha value is -4.07. The maximum Gasteiger partial charge on any atom is 0.322 e. The molecule has 3 N–H and O–H groups in total. The van der Waals surface area contributed by atoms with Gasteiger partial charge >= 0.3 is 5.97 Å². The number of aliphatic carboxylic acids is 1. The van der Waals surface area contributed by atoms with Gasteiger partial charge in [0.1, 0.15) is 18.0 Å². The van der Waals surface area contributed by atoms with Gasteiger partial charge in [-0.3, -0.25) is 9.59 Å². The highest BCUT2D eigenvalue weighted by Gasteiger charge is 2.36. The van der Waals surface area contributed by atoms with Crippen molar-refractivity contribution < 1.29 is 24.5 Å². The van der Waals surface area contributed by atoms with Crippen LogP contribution >= 0.6 is 0 Å². The lowest BCUT2D eigenvalue weighted by molar-refractivity contribution is -0.137. The average molecular weight is 435 g/mol. The molecule has 8 nitrogen and oxygen atoms in total. The summed E-state index contributed by atoms with van der Waals surface area (Å²) in [6.07, 6.45) is 2.14. The molecule has 0 atom stereocenters. The molecule has 0 bridgehead atoms. The summed E-state index contributed by atoms with van der Waals surface area (Å²) in [5.41, 5.74) is 2.32. The number of allylic oxidation sites excluding steroid dienone is 1. The normalized spacial score (nSPS) is 14.9. The van der Waals surface area contributed by atoms with Crippen molar-refractivity contribution in [3.8, 4) is 11.5 Å². The molecule has 0 saturated carbocycles. The van der Waals surface area contributed by atoms with Crippen molar-refractivity contribution in [1.29, 1.82) is 0 Å². The van der Waals surface area contributed by atoms with Crippen LogP contribution in [0.4, 0.5) is 0 Å². The highest BCUT2D eigenvalue weighted by atomic mass is 16.5. The van der Waals surface area contributed by atoms with Gasteiger partial charge in [0.15, 0.2) is 11.5 Å². The number of para-hydroxylation sites is 1. The lowest BCUT2D eigenvalue weighted by atomic mass is 9.92. The van der Waals surface area contributed by atoms with Crippen molar-refractivity contribution in [2.75, 3.05) is 6.54 Å². The molecule has 1 heterocycles. The third-order valence-electron chi connectivity index (χ3n) is 4.92. The molecule has 0 aliphatic carbocycles. The molecule has 0 unspecified atom stereocenters. The van der Waals surface area contributed by atoms with E-state index >= 15 is 0 Å². The number of nitrogens with zero attached hydrogens (tertiary/aromatic N) is 2. The monoisotopic (exact) mass is 435 g/mol. The number of benzene rings is 2. The van der Waals surface area contributed by atoms with E-state index in [1.807, 2.05) is 44.2 Å². The second kappa shape index (κ2) is 9.82. The number of carbonyl (C=O) groups is 2. The Morgan fingerprint density at radius 1 is 1.16 bits per heavy atom. The SMILES string of the molecule is C/C=N\N1C(C(=O)NCC(=O)O)=C(O)c2cccc(Oc3ccccc3)c2/C1=C(\C)CC. The Kier molecular flexibility index (Phi) is 6.94. The van der Waals surface area contributed by atoms with Crippen LogP contribution in [0.15, 0.2) is 64.9 Å². The molecule has 2 aromatic carbocycles. The summed E-state index contributed by atoms with van der Waals surface area (Å²) < 4.78 is 6.13. The van der Waals surface area contributed by atoms with Crippen LogP contribution in [0.2, 0.25) is 0 Å². The molecule has 0 aromatic heterocycles. The number of aliphatic hydroxyl groups excluding tert-OH is 1. The zero-order valence-corrected chi connectivity index (χ0v) is 18.1. The summed E-state index contributed by atoms with van der Waals surface area (Å²) >= 11 is 0. The Balaban J connectivity index is 2.26. The van der Waals surface area contributed by atoms with E-state index in [2.05, 4.69) is 10.4 Å². The van der Waals surface area contributed by atoms with Crippen molar-refractivity contribution in [2.45, 2.75) is 27.2 Å². The number of carboxylic acid groups (broad SMARTS) is 1. The van der Waals surface area contributed by atoms with Crippen molar-refractivity contribution in [3.05, 3.63) is 70.9 Å². The number of rotatable bonds is 7. The van der Waals surface area contributed by atoms with Gasteiger partial charge in [-0.2, -0.15) is 5.10 Å². The highest BCUT2D eigenvalue weighted by Crippen LogP contribution is 2.45. The van der Waals surface area contributed by atoms with Gasteiger partial charge in [-0.1, -0.05) is 37.3 Å². The number of fused-ring (bicyclic) bond motifs is 1. The maximum atomic E-state index is 12.9. The van der Waals surface area contributed by atoms with Gasteiger partial charge < -0.3 is 20.3 Å². The lowest BCUT2D eigenvalue weighted by Crippen LogP contribution is -2.37. The highest BCUT2D eigenvalue weighted by molar-refractivity contribution is 6.05. The molecule has 0 saturated heterocycles. The molecule has 32 heavy (non-hydrogen) atoms. The van der Waals surface area contributed by atoms with Gasteiger partial charge in [-0.05, 0) is 44.0 Å². The molecular formula is C24H25N3O5. The largest absolute Gasteiger partial charge is 0.505 e. The first-order chi connectivity index (χ1) is 15.4. The predicted molar refractivity (Wildman–Crippen MR) is 122 cm³/mol.